The molecule has 2 nitrogen and oxygen atoms in total. The molecule has 1 aromatic carbocycles. The Morgan fingerprint density at radius 1 is 1.24 bits per heavy atom. The fourth-order valence-corrected chi connectivity index (χ4v) is 2.23. The molecular formula is C15H18BrF3N2. The van der Waals surface area contributed by atoms with Crippen LogP contribution in [0.1, 0.15) is 30.3 Å². The van der Waals surface area contributed by atoms with Gasteiger partial charge in [-0.05, 0) is 24.1 Å². The van der Waals surface area contributed by atoms with E-state index in [1.807, 2.05) is 23.9 Å². The molecule has 0 radical (unpaired) electrons. The lowest BCUT2D eigenvalue weighted by Gasteiger charge is -2.08. The highest BCUT2D eigenvalue weighted by atomic mass is 79.9. The van der Waals surface area contributed by atoms with Crippen molar-refractivity contribution in [3.8, 4) is 0 Å². The summed E-state index contributed by atoms with van der Waals surface area (Å²) in [4.78, 5) is 0. The zero-order valence-electron chi connectivity index (χ0n) is 12.0. The maximum absolute atomic E-state index is 12.7. The van der Waals surface area contributed by atoms with E-state index in [-0.39, 0.29) is 17.0 Å². The molecule has 0 N–H and O–H groups in total. The molecule has 0 unspecified atom stereocenters. The Labute approximate surface area is 133 Å². The smallest absolute Gasteiger partial charge is 0.416 e. The zero-order chi connectivity index (χ0) is 14.8. The van der Waals surface area contributed by atoms with Gasteiger partial charge in [-0.1, -0.05) is 19.1 Å². The Kier molecular flexibility index (Phi) is 6.01. The van der Waals surface area contributed by atoms with Gasteiger partial charge in [0.25, 0.3) is 5.82 Å². The fraction of sp³-hybridized carbons (Fsp3) is 0.400. The number of aryl methyl sites for hydroxylation is 1. The van der Waals surface area contributed by atoms with Crippen molar-refractivity contribution in [2.75, 3.05) is 0 Å². The topological polar surface area (TPSA) is 8.81 Å². The lowest BCUT2D eigenvalue weighted by Crippen LogP contribution is -3.00. The molecule has 0 amide bonds. The van der Waals surface area contributed by atoms with E-state index in [4.69, 9.17) is 0 Å². The quantitative estimate of drug-likeness (QED) is 0.703. The summed E-state index contributed by atoms with van der Waals surface area (Å²) >= 11 is 0. The first-order valence-corrected chi connectivity index (χ1v) is 6.63. The number of nitrogens with zero attached hydrogens (tertiary/aromatic N) is 2. The van der Waals surface area contributed by atoms with Crippen molar-refractivity contribution in [2.24, 2.45) is 0 Å². The van der Waals surface area contributed by atoms with Crippen LogP contribution in [0.2, 0.25) is 0 Å². The second-order valence-electron chi connectivity index (χ2n) is 4.86. The lowest BCUT2D eigenvalue weighted by atomic mass is 10.1. The van der Waals surface area contributed by atoms with E-state index in [1.165, 1.54) is 12.1 Å². The summed E-state index contributed by atoms with van der Waals surface area (Å²) in [6.07, 6.45) is 0.612. The number of halogens is 4. The first-order valence-electron chi connectivity index (χ1n) is 6.63. The molecule has 0 aliphatic carbocycles. The van der Waals surface area contributed by atoms with Crippen LogP contribution in [-0.4, -0.2) is 4.57 Å². The third kappa shape index (κ3) is 4.33. The largest absolute Gasteiger partial charge is 1.00 e. The van der Waals surface area contributed by atoms with E-state index >= 15 is 0 Å². The van der Waals surface area contributed by atoms with E-state index in [0.29, 0.717) is 12.1 Å². The van der Waals surface area contributed by atoms with E-state index in [2.05, 4.69) is 11.5 Å². The number of hydrogen-bond donors (Lipinski definition) is 0. The Bertz CT molecular complexity index is 591. The first kappa shape index (κ1) is 17.8. The Hall–Kier alpha value is -1.30. The summed E-state index contributed by atoms with van der Waals surface area (Å²) in [5.74, 6) is 1.05. The lowest BCUT2D eigenvalue weighted by molar-refractivity contribution is -0.694. The van der Waals surface area contributed by atoms with Crippen LogP contribution in [-0.2, 0) is 19.3 Å². The van der Waals surface area contributed by atoms with Gasteiger partial charge in [-0.25, -0.2) is 9.13 Å². The number of alkyl halides is 3. The van der Waals surface area contributed by atoms with Crippen LogP contribution in [0.4, 0.5) is 13.2 Å². The summed E-state index contributed by atoms with van der Waals surface area (Å²) in [6.45, 7) is 5.44. The van der Waals surface area contributed by atoms with Gasteiger partial charge >= 0.3 is 6.18 Å². The standard InChI is InChI=1S/C15H18F3N2.BrH/c1-3-7-19-8-9-20(12(19)2)11-13-5-4-6-14(10-13)15(16,17)18;/h4-6,8-10H,3,7,11H2,1-2H3;1H/q+1;/p-1. The van der Waals surface area contributed by atoms with Gasteiger partial charge in [0.2, 0.25) is 0 Å². The normalized spacial score (nSPS) is 11.3. The minimum Gasteiger partial charge on any atom is -1.00 e. The molecule has 2 rings (SSSR count). The summed E-state index contributed by atoms with van der Waals surface area (Å²) in [5, 5.41) is 0. The summed E-state index contributed by atoms with van der Waals surface area (Å²) in [5.41, 5.74) is 0.0587. The maximum Gasteiger partial charge on any atom is 0.416 e. The number of aromatic nitrogens is 2. The van der Waals surface area contributed by atoms with Crippen molar-refractivity contribution in [3.63, 3.8) is 0 Å². The monoisotopic (exact) mass is 362 g/mol. The number of rotatable bonds is 4. The Balaban J connectivity index is 0.00000220. The summed E-state index contributed by atoms with van der Waals surface area (Å²) < 4.78 is 42.1. The van der Waals surface area contributed by atoms with Crippen LogP contribution in [0.25, 0.3) is 0 Å². The predicted molar refractivity (Wildman–Crippen MR) is 70.2 cm³/mol. The molecule has 1 heterocycles. The molecule has 21 heavy (non-hydrogen) atoms. The van der Waals surface area contributed by atoms with Gasteiger partial charge in [-0.15, -0.1) is 0 Å². The molecule has 0 fully saturated rings. The molecule has 0 saturated carbocycles. The van der Waals surface area contributed by atoms with Crippen LogP contribution >= 0.6 is 0 Å². The molecule has 2 aromatic rings. The molecule has 0 aliphatic heterocycles. The van der Waals surface area contributed by atoms with E-state index in [1.54, 1.807) is 6.07 Å². The Morgan fingerprint density at radius 2 is 1.95 bits per heavy atom. The molecule has 0 bridgehead atoms. The van der Waals surface area contributed by atoms with E-state index < -0.39 is 11.7 Å². The summed E-state index contributed by atoms with van der Waals surface area (Å²) in [6, 6.07) is 5.49. The van der Waals surface area contributed by atoms with E-state index in [0.717, 1.165) is 24.9 Å². The SMILES string of the molecule is CCCn1cc[n+](Cc2cccc(C(F)(F)F)c2)c1C.[Br-]. The highest BCUT2D eigenvalue weighted by molar-refractivity contribution is 5.25. The highest BCUT2D eigenvalue weighted by Gasteiger charge is 2.30. The van der Waals surface area contributed by atoms with Gasteiger partial charge < -0.3 is 17.0 Å². The number of imidazole rings is 1. The summed E-state index contributed by atoms with van der Waals surface area (Å²) in [7, 11) is 0. The van der Waals surface area contributed by atoms with Crippen molar-refractivity contribution in [2.45, 2.75) is 39.5 Å². The van der Waals surface area contributed by atoms with Crippen LogP contribution in [0.3, 0.4) is 0 Å². The molecule has 0 spiro atoms. The second kappa shape index (κ2) is 7.11. The number of benzene rings is 1. The van der Waals surface area contributed by atoms with Gasteiger partial charge in [-0.3, -0.25) is 0 Å². The molecule has 0 saturated heterocycles. The molecular weight excluding hydrogens is 345 g/mol. The number of hydrogen-bond acceptors (Lipinski definition) is 0. The van der Waals surface area contributed by atoms with Crippen molar-refractivity contribution >= 4 is 0 Å². The first-order chi connectivity index (χ1) is 9.41. The zero-order valence-corrected chi connectivity index (χ0v) is 13.6. The molecule has 1 aromatic heterocycles. The third-order valence-electron chi connectivity index (χ3n) is 3.33. The second-order valence-corrected chi connectivity index (χ2v) is 4.86. The van der Waals surface area contributed by atoms with Gasteiger partial charge in [0.15, 0.2) is 0 Å². The van der Waals surface area contributed by atoms with Gasteiger partial charge in [-0.2, -0.15) is 13.2 Å². The molecule has 0 atom stereocenters. The van der Waals surface area contributed by atoms with Crippen molar-refractivity contribution in [1.29, 1.82) is 0 Å². The van der Waals surface area contributed by atoms with Gasteiger partial charge in [0.05, 0.1) is 12.1 Å². The predicted octanol–water partition coefficient (Wildman–Crippen LogP) is 0.565. The van der Waals surface area contributed by atoms with Crippen LogP contribution in [0, 0.1) is 6.92 Å². The minimum atomic E-state index is -4.29. The van der Waals surface area contributed by atoms with Crippen LogP contribution in [0.5, 0.6) is 0 Å². The van der Waals surface area contributed by atoms with Crippen LogP contribution in [0.15, 0.2) is 36.7 Å². The Morgan fingerprint density at radius 3 is 2.57 bits per heavy atom. The molecule has 6 heteroatoms. The highest BCUT2D eigenvalue weighted by Crippen LogP contribution is 2.29. The van der Waals surface area contributed by atoms with Gasteiger partial charge in [0.1, 0.15) is 18.9 Å². The van der Waals surface area contributed by atoms with Crippen molar-refractivity contribution in [1.82, 2.24) is 4.57 Å². The third-order valence-corrected chi connectivity index (χ3v) is 3.33. The maximum atomic E-state index is 12.7. The minimum absolute atomic E-state index is 0. The van der Waals surface area contributed by atoms with Gasteiger partial charge in [0, 0.05) is 6.92 Å². The molecule has 116 valence electrons. The fourth-order valence-electron chi connectivity index (χ4n) is 2.23. The van der Waals surface area contributed by atoms with Crippen molar-refractivity contribution in [3.05, 3.63) is 53.6 Å². The van der Waals surface area contributed by atoms with Crippen molar-refractivity contribution < 1.29 is 34.7 Å². The average molecular weight is 363 g/mol. The molecule has 0 aliphatic rings. The van der Waals surface area contributed by atoms with Crippen LogP contribution < -0.4 is 21.5 Å². The average Bonchev–Trinajstić information content (AvgIpc) is 2.72. The van der Waals surface area contributed by atoms with E-state index in [9.17, 15) is 13.2 Å².